The van der Waals surface area contributed by atoms with Crippen molar-refractivity contribution in [2.75, 3.05) is 23.3 Å². The number of nitrogens with zero attached hydrogens (tertiary/aromatic N) is 3. The van der Waals surface area contributed by atoms with Gasteiger partial charge < -0.3 is 15.1 Å². The maximum Gasteiger partial charge on any atom is 0.244 e. The van der Waals surface area contributed by atoms with E-state index in [1.54, 1.807) is 12.1 Å². The molecule has 42 heavy (non-hydrogen) atoms. The second-order valence-corrected chi connectivity index (χ2v) is 11.4. The normalized spacial score (nSPS) is 16.0. The van der Waals surface area contributed by atoms with Crippen LogP contribution in [0.2, 0.25) is 0 Å². The number of para-hydroxylation sites is 1. The zero-order chi connectivity index (χ0) is 29.8. The summed E-state index contributed by atoms with van der Waals surface area (Å²) in [6.07, 6.45) is 1.28. The summed E-state index contributed by atoms with van der Waals surface area (Å²) in [7, 11) is 0. The summed E-state index contributed by atoms with van der Waals surface area (Å²) in [6, 6.07) is 21.4. The number of aryl methyl sites for hydroxylation is 2. The average molecular weight is 573 g/mol. The van der Waals surface area contributed by atoms with Crippen molar-refractivity contribution in [2.45, 2.75) is 64.5 Å². The minimum atomic E-state index is -2.55. The summed E-state index contributed by atoms with van der Waals surface area (Å²) < 4.78 is 40.0. The summed E-state index contributed by atoms with van der Waals surface area (Å²) in [5.41, 5.74) is 6.18. The number of hydrogen-bond acceptors (Lipinski definition) is 4. The van der Waals surface area contributed by atoms with Gasteiger partial charge in [0.25, 0.3) is 0 Å². The molecule has 1 saturated heterocycles. The molecule has 0 amide bonds. The van der Waals surface area contributed by atoms with Gasteiger partial charge in [0.05, 0.1) is 12.1 Å². The fourth-order valence-corrected chi connectivity index (χ4v) is 5.70. The number of aliphatic imine (C=N–C) groups is 1. The number of anilines is 2. The van der Waals surface area contributed by atoms with Gasteiger partial charge in [-0.2, -0.15) is 0 Å². The molecule has 2 aliphatic rings. The fourth-order valence-electron chi connectivity index (χ4n) is 5.70. The Morgan fingerprint density at radius 2 is 1.69 bits per heavy atom. The summed E-state index contributed by atoms with van der Waals surface area (Å²) in [5, 5.41) is 3.68. The van der Waals surface area contributed by atoms with Crippen molar-refractivity contribution in [3.8, 4) is 0 Å². The molecule has 0 unspecified atom stereocenters. The lowest BCUT2D eigenvalue weighted by Crippen LogP contribution is -2.43. The molecule has 7 heteroatoms. The van der Waals surface area contributed by atoms with Crippen LogP contribution in [0.25, 0.3) is 0 Å². The quantitative estimate of drug-likeness (QED) is 0.234. The van der Waals surface area contributed by atoms with Gasteiger partial charge in [-0.05, 0) is 81.0 Å². The summed E-state index contributed by atoms with van der Waals surface area (Å²) in [5.74, 6) is 0.673. The zero-order valence-electron chi connectivity index (χ0n) is 24.4. The van der Waals surface area contributed by atoms with E-state index in [9.17, 15) is 13.2 Å². The van der Waals surface area contributed by atoms with Crippen molar-refractivity contribution in [1.82, 2.24) is 4.90 Å². The van der Waals surface area contributed by atoms with Crippen LogP contribution >= 0.6 is 0 Å². The van der Waals surface area contributed by atoms with Crippen LogP contribution in [0.15, 0.2) is 96.4 Å². The molecule has 1 heterocycles. The molecule has 1 aliphatic heterocycles. The number of benzene rings is 3. The van der Waals surface area contributed by atoms with Crippen LogP contribution in [-0.2, 0) is 0 Å². The Kier molecular flexibility index (Phi) is 9.05. The lowest BCUT2D eigenvalue weighted by molar-refractivity contribution is 0.149. The van der Waals surface area contributed by atoms with Gasteiger partial charge >= 0.3 is 0 Å². The highest BCUT2D eigenvalue weighted by atomic mass is 19.3. The number of likely N-dealkylation sites (tertiary alicyclic amines) is 1. The summed E-state index contributed by atoms with van der Waals surface area (Å²) >= 11 is 0. The molecule has 0 radical (unpaired) electrons. The Labute approximate surface area is 247 Å². The second kappa shape index (κ2) is 12.9. The van der Waals surface area contributed by atoms with Crippen LogP contribution in [0, 0.1) is 19.7 Å². The van der Waals surface area contributed by atoms with Crippen molar-refractivity contribution in [1.29, 1.82) is 0 Å². The zero-order valence-corrected chi connectivity index (χ0v) is 24.4. The van der Waals surface area contributed by atoms with Gasteiger partial charge in [0.2, 0.25) is 6.43 Å². The summed E-state index contributed by atoms with van der Waals surface area (Å²) in [4.78, 5) is 9.26. The van der Waals surface area contributed by atoms with Crippen LogP contribution in [0.1, 0.15) is 54.4 Å². The third-order valence-corrected chi connectivity index (χ3v) is 8.04. The molecule has 1 N–H and O–H groups in total. The van der Waals surface area contributed by atoms with Gasteiger partial charge in [-0.3, -0.25) is 4.99 Å². The number of rotatable bonds is 11. The number of allylic oxidation sites excluding steroid dienone is 1. The largest absolute Gasteiger partial charge is 0.382 e. The highest BCUT2D eigenvalue weighted by molar-refractivity contribution is 6.14. The van der Waals surface area contributed by atoms with Crippen molar-refractivity contribution < 1.29 is 13.2 Å². The number of piperidine rings is 1. The van der Waals surface area contributed by atoms with Gasteiger partial charge in [0.1, 0.15) is 11.6 Å². The minimum absolute atomic E-state index is 0.0573. The Hall–Kier alpha value is -4.00. The van der Waals surface area contributed by atoms with Crippen molar-refractivity contribution in [2.24, 2.45) is 4.99 Å². The van der Waals surface area contributed by atoms with Crippen molar-refractivity contribution in [3.05, 3.63) is 119 Å². The molecule has 3 aromatic carbocycles. The molecule has 3 aromatic rings. The smallest absolute Gasteiger partial charge is 0.244 e. The lowest BCUT2D eigenvalue weighted by atomic mass is 9.96. The van der Waals surface area contributed by atoms with Gasteiger partial charge in [-0.25, -0.2) is 13.2 Å². The monoisotopic (exact) mass is 572 g/mol. The first-order valence-corrected chi connectivity index (χ1v) is 14.7. The van der Waals surface area contributed by atoms with E-state index >= 15 is 0 Å². The minimum Gasteiger partial charge on any atom is -0.382 e. The first-order valence-electron chi connectivity index (χ1n) is 14.7. The number of halogens is 3. The molecule has 0 aromatic heterocycles. The van der Waals surface area contributed by atoms with Crippen LogP contribution < -0.4 is 10.2 Å². The maximum atomic E-state index is 14.1. The number of nitrogens with one attached hydrogen (secondary N) is 1. The Morgan fingerprint density at radius 1 is 0.952 bits per heavy atom. The standard InChI is InChI=1S/C35H39F3N4/c1-23-8-5-6-11-33(23)42(31-13-14-31)26(4)41-18-16-29(17-19-41)40-30-12-15-32(24(2)20-30)35(39-25(3)21-34(37)38)27-9-7-10-28(36)22-27/h5-12,15,20,22,29,31,34,40H,3-4,13-14,16-19,21H2,1-2H3. The van der Waals surface area contributed by atoms with E-state index in [1.165, 1.54) is 36.2 Å². The molecule has 220 valence electrons. The number of hydrogen-bond donors (Lipinski definition) is 1. The summed E-state index contributed by atoms with van der Waals surface area (Å²) in [6.45, 7) is 14.2. The highest BCUT2D eigenvalue weighted by Crippen LogP contribution is 2.37. The molecule has 1 aliphatic carbocycles. The van der Waals surface area contributed by atoms with E-state index in [-0.39, 0.29) is 5.70 Å². The molecule has 4 nitrogen and oxygen atoms in total. The fraction of sp³-hybridized carbons (Fsp3) is 0.343. The van der Waals surface area contributed by atoms with Gasteiger partial charge in [0, 0.05) is 53.4 Å². The predicted octanol–water partition coefficient (Wildman–Crippen LogP) is 8.47. The number of alkyl halides is 2. The topological polar surface area (TPSA) is 30.9 Å². The van der Waals surface area contributed by atoms with E-state index in [2.05, 4.69) is 64.5 Å². The molecule has 2 fully saturated rings. The predicted molar refractivity (Wildman–Crippen MR) is 167 cm³/mol. The van der Waals surface area contributed by atoms with Gasteiger partial charge in [-0.15, -0.1) is 0 Å². The first kappa shape index (κ1) is 29.5. The third-order valence-electron chi connectivity index (χ3n) is 8.04. The van der Waals surface area contributed by atoms with E-state index in [0.717, 1.165) is 48.6 Å². The van der Waals surface area contributed by atoms with E-state index < -0.39 is 18.7 Å². The van der Waals surface area contributed by atoms with Crippen molar-refractivity contribution >= 4 is 17.1 Å². The lowest BCUT2D eigenvalue weighted by Gasteiger charge is -2.40. The first-order chi connectivity index (χ1) is 20.2. The highest BCUT2D eigenvalue weighted by Gasteiger charge is 2.34. The second-order valence-electron chi connectivity index (χ2n) is 11.4. The molecular formula is C35H39F3N4. The van der Waals surface area contributed by atoms with Crippen LogP contribution in [0.3, 0.4) is 0 Å². The van der Waals surface area contributed by atoms with Crippen molar-refractivity contribution in [3.63, 3.8) is 0 Å². The Bertz CT molecular complexity index is 1470. The van der Waals surface area contributed by atoms with Crippen LogP contribution in [0.4, 0.5) is 24.5 Å². The van der Waals surface area contributed by atoms with Crippen LogP contribution in [0.5, 0.6) is 0 Å². The molecule has 1 saturated carbocycles. The van der Waals surface area contributed by atoms with E-state index in [1.807, 2.05) is 25.1 Å². The SMILES string of the molecule is C=C(CC(F)F)N=C(c1cccc(F)c1)c1ccc(NC2CCN(C(=C)N(c3ccccc3C)C3CC3)CC2)cc1C. The van der Waals surface area contributed by atoms with E-state index in [4.69, 9.17) is 0 Å². The average Bonchev–Trinajstić information content (AvgIpc) is 3.79. The molecule has 0 bridgehead atoms. The molecular weight excluding hydrogens is 533 g/mol. The maximum absolute atomic E-state index is 14.1. The Morgan fingerprint density at radius 3 is 2.33 bits per heavy atom. The van der Waals surface area contributed by atoms with Crippen LogP contribution in [-0.4, -0.2) is 42.2 Å². The van der Waals surface area contributed by atoms with E-state index in [0.29, 0.717) is 23.4 Å². The Balaban J connectivity index is 1.26. The van der Waals surface area contributed by atoms with Gasteiger partial charge in [-0.1, -0.05) is 49.6 Å². The van der Waals surface area contributed by atoms with Gasteiger partial charge in [0.15, 0.2) is 0 Å². The molecule has 0 spiro atoms. The molecule has 0 atom stereocenters. The third kappa shape index (κ3) is 7.07. The molecule has 5 rings (SSSR count).